The second kappa shape index (κ2) is 3.61. The van der Waals surface area contributed by atoms with Gasteiger partial charge in [0.1, 0.15) is 12.4 Å². The Labute approximate surface area is 69.6 Å². The molecule has 4 heteroatoms. The summed E-state index contributed by atoms with van der Waals surface area (Å²) >= 11 is 0. The van der Waals surface area contributed by atoms with Gasteiger partial charge in [0.15, 0.2) is 0 Å². The zero-order valence-corrected chi connectivity index (χ0v) is 6.32. The van der Waals surface area contributed by atoms with E-state index in [9.17, 15) is 9.90 Å². The first-order chi connectivity index (χ1) is 5.70. The number of carbonyl (C=O) groups excluding carboxylic acids is 1. The van der Waals surface area contributed by atoms with Crippen LogP contribution < -0.4 is 15.6 Å². The van der Waals surface area contributed by atoms with Gasteiger partial charge in [0, 0.05) is 0 Å². The SMILES string of the molecule is Nc1ccccc1OCC(=O)[O-]. The Morgan fingerprint density at radius 1 is 1.50 bits per heavy atom. The highest BCUT2D eigenvalue weighted by molar-refractivity contribution is 5.66. The molecule has 0 aliphatic rings. The zero-order chi connectivity index (χ0) is 8.97. The third-order valence-electron chi connectivity index (χ3n) is 1.26. The Morgan fingerprint density at radius 3 is 2.75 bits per heavy atom. The highest BCUT2D eigenvalue weighted by Gasteiger charge is 1.96. The fourth-order valence-corrected chi connectivity index (χ4v) is 0.749. The van der Waals surface area contributed by atoms with Crippen molar-refractivity contribution in [3.8, 4) is 5.75 Å². The topological polar surface area (TPSA) is 75.4 Å². The van der Waals surface area contributed by atoms with Crippen molar-refractivity contribution in [2.75, 3.05) is 12.3 Å². The first-order valence-electron chi connectivity index (χ1n) is 3.37. The molecule has 0 aliphatic carbocycles. The lowest BCUT2D eigenvalue weighted by molar-refractivity contribution is -0.307. The van der Waals surface area contributed by atoms with E-state index in [4.69, 9.17) is 10.5 Å². The van der Waals surface area contributed by atoms with Crippen LogP contribution in [0.4, 0.5) is 5.69 Å². The Balaban J connectivity index is 2.63. The van der Waals surface area contributed by atoms with Crippen molar-refractivity contribution in [3.63, 3.8) is 0 Å². The molecule has 4 nitrogen and oxygen atoms in total. The van der Waals surface area contributed by atoms with Crippen molar-refractivity contribution in [1.29, 1.82) is 0 Å². The van der Waals surface area contributed by atoms with Gasteiger partial charge < -0.3 is 20.4 Å². The van der Waals surface area contributed by atoms with E-state index < -0.39 is 12.6 Å². The molecular formula is C8H8NO3-. The molecule has 1 aromatic carbocycles. The van der Waals surface area contributed by atoms with E-state index in [2.05, 4.69) is 0 Å². The number of para-hydroxylation sites is 2. The van der Waals surface area contributed by atoms with Gasteiger partial charge in [-0.3, -0.25) is 0 Å². The Hall–Kier alpha value is -1.71. The van der Waals surface area contributed by atoms with Crippen LogP contribution in [0.2, 0.25) is 0 Å². The highest BCUT2D eigenvalue weighted by atomic mass is 16.5. The molecule has 1 aromatic rings. The molecule has 0 radical (unpaired) electrons. The second-order valence-electron chi connectivity index (χ2n) is 2.20. The summed E-state index contributed by atoms with van der Waals surface area (Å²) in [6, 6.07) is 6.67. The fraction of sp³-hybridized carbons (Fsp3) is 0.125. The molecular weight excluding hydrogens is 158 g/mol. The third kappa shape index (κ3) is 2.16. The zero-order valence-electron chi connectivity index (χ0n) is 6.32. The van der Waals surface area contributed by atoms with Crippen molar-refractivity contribution in [2.45, 2.75) is 0 Å². The van der Waals surface area contributed by atoms with E-state index in [0.29, 0.717) is 11.4 Å². The van der Waals surface area contributed by atoms with Crippen molar-refractivity contribution in [2.24, 2.45) is 0 Å². The molecule has 0 amide bonds. The summed E-state index contributed by atoms with van der Waals surface area (Å²) in [5.41, 5.74) is 5.88. The maximum Gasteiger partial charge on any atom is 0.142 e. The van der Waals surface area contributed by atoms with E-state index in [1.165, 1.54) is 0 Å². The van der Waals surface area contributed by atoms with Crippen molar-refractivity contribution < 1.29 is 14.6 Å². The average molecular weight is 166 g/mol. The molecule has 12 heavy (non-hydrogen) atoms. The molecule has 0 spiro atoms. The van der Waals surface area contributed by atoms with E-state index >= 15 is 0 Å². The number of anilines is 1. The number of carbonyl (C=O) groups is 1. The number of nitrogen functional groups attached to an aromatic ring is 1. The second-order valence-corrected chi connectivity index (χ2v) is 2.20. The fourth-order valence-electron chi connectivity index (χ4n) is 0.749. The van der Waals surface area contributed by atoms with E-state index in [1.807, 2.05) is 0 Å². The summed E-state index contributed by atoms with van der Waals surface area (Å²) in [7, 11) is 0. The largest absolute Gasteiger partial charge is 0.546 e. The number of aliphatic carboxylic acids is 1. The summed E-state index contributed by atoms with van der Waals surface area (Å²) in [5, 5.41) is 10.0. The number of carboxylic acids is 1. The van der Waals surface area contributed by atoms with Gasteiger partial charge in [-0.15, -0.1) is 0 Å². The highest BCUT2D eigenvalue weighted by Crippen LogP contribution is 2.19. The summed E-state index contributed by atoms with van der Waals surface area (Å²) in [5.74, 6) is -0.903. The molecule has 0 saturated carbocycles. The monoisotopic (exact) mass is 166 g/mol. The number of hydrogen-bond donors (Lipinski definition) is 1. The van der Waals surface area contributed by atoms with Crippen LogP contribution in [0.15, 0.2) is 24.3 Å². The lowest BCUT2D eigenvalue weighted by Gasteiger charge is -2.08. The normalized spacial score (nSPS) is 9.33. The quantitative estimate of drug-likeness (QED) is 0.608. The van der Waals surface area contributed by atoms with Crippen LogP contribution in [-0.4, -0.2) is 12.6 Å². The van der Waals surface area contributed by atoms with E-state index in [1.54, 1.807) is 24.3 Å². The van der Waals surface area contributed by atoms with Gasteiger partial charge in [-0.1, -0.05) is 12.1 Å². The van der Waals surface area contributed by atoms with Crippen LogP contribution in [0, 0.1) is 0 Å². The van der Waals surface area contributed by atoms with Crippen molar-refractivity contribution in [3.05, 3.63) is 24.3 Å². The standard InChI is InChI=1S/C8H9NO3/c9-6-3-1-2-4-7(6)12-5-8(10)11/h1-4H,5,9H2,(H,10,11)/p-1. The van der Waals surface area contributed by atoms with Crippen LogP contribution >= 0.6 is 0 Å². The van der Waals surface area contributed by atoms with Gasteiger partial charge in [0.05, 0.1) is 11.7 Å². The number of nitrogens with two attached hydrogens (primary N) is 1. The predicted molar refractivity (Wildman–Crippen MR) is 41.4 cm³/mol. The number of rotatable bonds is 3. The summed E-state index contributed by atoms with van der Waals surface area (Å²) in [6.45, 7) is -0.478. The van der Waals surface area contributed by atoms with E-state index in [0.717, 1.165) is 0 Å². The van der Waals surface area contributed by atoms with Gasteiger partial charge in [-0.2, -0.15) is 0 Å². The molecule has 0 bridgehead atoms. The summed E-state index contributed by atoms with van der Waals surface area (Å²) < 4.78 is 4.81. The number of benzene rings is 1. The lowest BCUT2D eigenvalue weighted by Crippen LogP contribution is -2.29. The minimum Gasteiger partial charge on any atom is -0.546 e. The molecule has 0 fully saturated rings. The maximum absolute atomic E-state index is 10.0. The molecule has 0 aliphatic heterocycles. The van der Waals surface area contributed by atoms with Crippen LogP contribution in [0.1, 0.15) is 0 Å². The summed E-state index contributed by atoms with van der Waals surface area (Å²) in [6.07, 6.45) is 0. The van der Waals surface area contributed by atoms with Crippen molar-refractivity contribution >= 4 is 11.7 Å². The number of ether oxygens (including phenoxy) is 1. The smallest absolute Gasteiger partial charge is 0.142 e. The third-order valence-corrected chi connectivity index (χ3v) is 1.26. The van der Waals surface area contributed by atoms with E-state index in [-0.39, 0.29) is 0 Å². The Kier molecular flexibility index (Phi) is 2.53. The van der Waals surface area contributed by atoms with Gasteiger partial charge >= 0.3 is 0 Å². The first-order valence-corrected chi connectivity index (χ1v) is 3.37. The van der Waals surface area contributed by atoms with Gasteiger partial charge in [-0.05, 0) is 12.1 Å². The van der Waals surface area contributed by atoms with Crippen LogP contribution in [0.5, 0.6) is 5.75 Å². The molecule has 1 rings (SSSR count). The molecule has 0 heterocycles. The molecule has 0 atom stereocenters. The van der Waals surface area contributed by atoms with Crippen molar-refractivity contribution in [1.82, 2.24) is 0 Å². The lowest BCUT2D eigenvalue weighted by atomic mass is 10.3. The number of carboxylic acid groups (broad SMARTS) is 1. The molecule has 0 saturated heterocycles. The first kappa shape index (κ1) is 8.39. The van der Waals surface area contributed by atoms with Gasteiger partial charge in [0.2, 0.25) is 0 Å². The number of hydrogen-bond acceptors (Lipinski definition) is 4. The molecule has 64 valence electrons. The molecule has 0 aromatic heterocycles. The van der Waals surface area contributed by atoms with Crippen LogP contribution in [0.3, 0.4) is 0 Å². The van der Waals surface area contributed by atoms with Crippen LogP contribution in [0.25, 0.3) is 0 Å². The molecule has 2 N–H and O–H groups in total. The minimum absolute atomic E-state index is 0.363. The molecule has 0 unspecified atom stereocenters. The average Bonchev–Trinajstić information content (AvgIpc) is 2.03. The predicted octanol–water partition coefficient (Wildman–Crippen LogP) is -0.603. The minimum atomic E-state index is -1.27. The van der Waals surface area contributed by atoms with Gasteiger partial charge in [-0.25, -0.2) is 0 Å². The Morgan fingerprint density at radius 2 is 2.17 bits per heavy atom. The maximum atomic E-state index is 10.0. The van der Waals surface area contributed by atoms with Gasteiger partial charge in [0.25, 0.3) is 0 Å². The Bertz CT molecular complexity index is 285. The summed E-state index contributed by atoms with van der Waals surface area (Å²) in [4.78, 5) is 10.0. The van der Waals surface area contributed by atoms with Crippen LogP contribution in [-0.2, 0) is 4.79 Å².